The third-order valence-electron chi connectivity index (χ3n) is 3.94. The number of carbonyl (C=O) groups is 1. The SMILES string of the molecule is Cc1ccc(/C=C/C(=O)NC2CCCCC2C)cc1. The maximum absolute atomic E-state index is 11.9. The van der Waals surface area contributed by atoms with Crippen LogP contribution in [0.5, 0.6) is 0 Å². The predicted molar refractivity (Wildman–Crippen MR) is 79.8 cm³/mol. The van der Waals surface area contributed by atoms with E-state index >= 15 is 0 Å². The molecule has 1 amide bonds. The topological polar surface area (TPSA) is 29.1 Å². The lowest BCUT2D eigenvalue weighted by atomic mass is 9.86. The van der Waals surface area contributed by atoms with E-state index in [0.29, 0.717) is 12.0 Å². The molecule has 0 aliphatic heterocycles. The first-order valence-corrected chi connectivity index (χ1v) is 7.20. The van der Waals surface area contributed by atoms with E-state index in [4.69, 9.17) is 0 Å². The highest BCUT2D eigenvalue weighted by atomic mass is 16.1. The first-order chi connectivity index (χ1) is 9.15. The van der Waals surface area contributed by atoms with Gasteiger partial charge < -0.3 is 5.32 Å². The van der Waals surface area contributed by atoms with E-state index in [2.05, 4.69) is 31.3 Å². The molecule has 2 nitrogen and oxygen atoms in total. The Morgan fingerprint density at radius 1 is 1.21 bits per heavy atom. The van der Waals surface area contributed by atoms with E-state index in [-0.39, 0.29) is 5.91 Å². The molecule has 2 atom stereocenters. The van der Waals surface area contributed by atoms with Crippen molar-refractivity contribution >= 4 is 12.0 Å². The van der Waals surface area contributed by atoms with Gasteiger partial charge in [0.1, 0.15) is 0 Å². The van der Waals surface area contributed by atoms with Gasteiger partial charge in [-0.25, -0.2) is 0 Å². The van der Waals surface area contributed by atoms with Crippen LogP contribution in [0.25, 0.3) is 6.08 Å². The van der Waals surface area contributed by atoms with Gasteiger partial charge in [0.2, 0.25) is 5.91 Å². The molecule has 1 aliphatic carbocycles. The van der Waals surface area contributed by atoms with Crippen LogP contribution in [0.3, 0.4) is 0 Å². The zero-order valence-electron chi connectivity index (χ0n) is 11.9. The maximum atomic E-state index is 11.9. The van der Waals surface area contributed by atoms with Gasteiger partial charge >= 0.3 is 0 Å². The van der Waals surface area contributed by atoms with Crippen molar-refractivity contribution in [2.75, 3.05) is 0 Å². The largest absolute Gasteiger partial charge is 0.350 e. The Hall–Kier alpha value is -1.57. The first-order valence-electron chi connectivity index (χ1n) is 7.20. The third kappa shape index (κ3) is 4.23. The van der Waals surface area contributed by atoms with Crippen molar-refractivity contribution in [3.8, 4) is 0 Å². The standard InChI is InChI=1S/C17H23NO/c1-13-7-9-15(10-8-13)11-12-17(19)18-16-6-4-3-5-14(16)2/h7-12,14,16H,3-6H2,1-2H3,(H,18,19)/b12-11+. The predicted octanol–water partition coefficient (Wildman–Crippen LogP) is 3.70. The Labute approximate surface area is 115 Å². The zero-order valence-corrected chi connectivity index (χ0v) is 11.9. The lowest BCUT2D eigenvalue weighted by Gasteiger charge is -2.29. The van der Waals surface area contributed by atoms with E-state index < -0.39 is 0 Å². The summed E-state index contributed by atoms with van der Waals surface area (Å²) in [5.41, 5.74) is 2.30. The van der Waals surface area contributed by atoms with Gasteiger partial charge in [0.15, 0.2) is 0 Å². The second-order valence-corrected chi connectivity index (χ2v) is 5.62. The summed E-state index contributed by atoms with van der Waals surface area (Å²) >= 11 is 0. The Balaban J connectivity index is 1.88. The molecule has 1 saturated carbocycles. The van der Waals surface area contributed by atoms with Crippen molar-refractivity contribution in [3.05, 3.63) is 41.5 Å². The molecule has 0 bridgehead atoms. The molecule has 1 aromatic rings. The summed E-state index contributed by atoms with van der Waals surface area (Å²) < 4.78 is 0. The van der Waals surface area contributed by atoms with Gasteiger partial charge in [0.05, 0.1) is 0 Å². The van der Waals surface area contributed by atoms with Gasteiger partial charge in [0.25, 0.3) is 0 Å². The second kappa shape index (κ2) is 6.55. The molecule has 0 saturated heterocycles. The smallest absolute Gasteiger partial charge is 0.244 e. The Morgan fingerprint density at radius 2 is 1.89 bits per heavy atom. The van der Waals surface area contributed by atoms with Crippen molar-refractivity contribution in [1.82, 2.24) is 5.32 Å². The maximum Gasteiger partial charge on any atom is 0.244 e. The van der Waals surface area contributed by atoms with E-state index in [1.807, 2.05) is 18.2 Å². The fraction of sp³-hybridized carbons (Fsp3) is 0.471. The monoisotopic (exact) mass is 257 g/mol. The lowest BCUT2D eigenvalue weighted by Crippen LogP contribution is -2.40. The molecule has 0 radical (unpaired) electrons. The minimum absolute atomic E-state index is 0.0272. The molecule has 2 unspecified atom stereocenters. The average Bonchev–Trinajstić information content (AvgIpc) is 2.41. The molecule has 0 spiro atoms. The molecule has 2 heteroatoms. The molecular weight excluding hydrogens is 234 g/mol. The molecule has 0 heterocycles. The van der Waals surface area contributed by atoms with Crippen molar-refractivity contribution in [3.63, 3.8) is 0 Å². The summed E-state index contributed by atoms with van der Waals surface area (Å²) in [6, 6.07) is 8.52. The highest BCUT2D eigenvalue weighted by Crippen LogP contribution is 2.23. The van der Waals surface area contributed by atoms with Crippen LogP contribution >= 0.6 is 0 Å². The number of rotatable bonds is 3. The van der Waals surface area contributed by atoms with Crippen LogP contribution in [0, 0.1) is 12.8 Å². The summed E-state index contributed by atoms with van der Waals surface area (Å²) in [6.45, 7) is 4.29. The zero-order chi connectivity index (χ0) is 13.7. The highest BCUT2D eigenvalue weighted by Gasteiger charge is 2.21. The molecule has 19 heavy (non-hydrogen) atoms. The number of nitrogens with one attached hydrogen (secondary N) is 1. The molecule has 102 valence electrons. The van der Waals surface area contributed by atoms with Gasteiger partial charge in [-0.3, -0.25) is 4.79 Å². The number of benzene rings is 1. The Bertz CT molecular complexity index is 447. The summed E-state index contributed by atoms with van der Waals surface area (Å²) in [5, 5.41) is 3.12. The van der Waals surface area contributed by atoms with Gasteiger partial charge in [-0.1, -0.05) is 49.6 Å². The minimum atomic E-state index is 0.0272. The second-order valence-electron chi connectivity index (χ2n) is 5.62. The average molecular weight is 257 g/mol. The van der Waals surface area contributed by atoms with Crippen LogP contribution < -0.4 is 5.32 Å². The summed E-state index contributed by atoms with van der Waals surface area (Å²) in [5.74, 6) is 0.629. The summed E-state index contributed by atoms with van der Waals surface area (Å²) in [6.07, 6.45) is 8.40. The van der Waals surface area contributed by atoms with Crippen molar-refractivity contribution in [2.45, 2.75) is 45.6 Å². The Kier molecular flexibility index (Phi) is 4.78. The summed E-state index contributed by atoms with van der Waals surface area (Å²) in [4.78, 5) is 11.9. The number of aryl methyl sites for hydroxylation is 1. The number of hydrogen-bond acceptors (Lipinski definition) is 1. The van der Waals surface area contributed by atoms with Crippen LogP contribution in [0.4, 0.5) is 0 Å². The van der Waals surface area contributed by atoms with Crippen LogP contribution in [-0.2, 0) is 4.79 Å². The number of carbonyl (C=O) groups excluding carboxylic acids is 1. The number of amides is 1. The molecular formula is C17H23NO. The van der Waals surface area contributed by atoms with Crippen molar-refractivity contribution in [2.24, 2.45) is 5.92 Å². The van der Waals surface area contributed by atoms with Crippen molar-refractivity contribution in [1.29, 1.82) is 0 Å². The Morgan fingerprint density at radius 3 is 2.58 bits per heavy atom. The van der Waals surface area contributed by atoms with E-state index in [0.717, 1.165) is 12.0 Å². The molecule has 1 aliphatic rings. The minimum Gasteiger partial charge on any atom is -0.350 e. The van der Waals surface area contributed by atoms with E-state index in [1.165, 1.54) is 24.8 Å². The number of hydrogen-bond donors (Lipinski definition) is 1. The highest BCUT2D eigenvalue weighted by molar-refractivity contribution is 5.91. The molecule has 1 fully saturated rings. The van der Waals surface area contributed by atoms with Crippen LogP contribution in [0.2, 0.25) is 0 Å². The van der Waals surface area contributed by atoms with Gasteiger partial charge in [-0.2, -0.15) is 0 Å². The fourth-order valence-electron chi connectivity index (χ4n) is 2.61. The van der Waals surface area contributed by atoms with E-state index in [1.54, 1.807) is 6.08 Å². The van der Waals surface area contributed by atoms with Crippen LogP contribution in [0.15, 0.2) is 30.3 Å². The fourth-order valence-corrected chi connectivity index (χ4v) is 2.61. The van der Waals surface area contributed by atoms with E-state index in [9.17, 15) is 4.79 Å². The van der Waals surface area contributed by atoms with Gasteiger partial charge in [-0.05, 0) is 37.3 Å². The summed E-state index contributed by atoms with van der Waals surface area (Å²) in [7, 11) is 0. The third-order valence-corrected chi connectivity index (χ3v) is 3.94. The molecule has 1 aromatic carbocycles. The quantitative estimate of drug-likeness (QED) is 0.822. The first kappa shape index (κ1) is 13.9. The van der Waals surface area contributed by atoms with Crippen LogP contribution in [0.1, 0.15) is 43.7 Å². The normalized spacial score (nSPS) is 23.5. The van der Waals surface area contributed by atoms with Crippen LogP contribution in [-0.4, -0.2) is 11.9 Å². The molecule has 1 N–H and O–H groups in total. The van der Waals surface area contributed by atoms with Gasteiger partial charge in [0, 0.05) is 12.1 Å². The lowest BCUT2D eigenvalue weighted by molar-refractivity contribution is -0.117. The van der Waals surface area contributed by atoms with Gasteiger partial charge in [-0.15, -0.1) is 0 Å². The van der Waals surface area contributed by atoms with Crippen molar-refractivity contribution < 1.29 is 4.79 Å². The molecule has 0 aromatic heterocycles. The molecule has 2 rings (SSSR count).